The number of aromatic nitrogens is 2. The maximum absolute atomic E-state index is 4.33. The molecule has 0 unspecified atom stereocenters. The Labute approximate surface area is 133 Å². The molecule has 20 heavy (non-hydrogen) atoms. The van der Waals surface area contributed by atoms with Gasteiger partial charge in [0.2, 0.25) is 0 Å². The van der Waals surface area contributed by atoms with E-state index in [2.05, 4.69) is 65.2 Å². The quantitative estimate of drug-likeness (QED) is 0.892. The van der Waals surface area contributed by atoms with Crippen LogP contribution in [0.1, 0.15) is 26.3 Å². The summed E-state index contributed by atoms with van der Waals surface area (Å²) in [5.41, 5.74) is 1.39. The molecule has 1 heterocycles. The van der Waals surface area contributed by atoms with Crippen molar-refractivity contribution in [2.24, 2.45) is 7.05 Å². The molecule has 1 aromatic heterocycles. The third kappa shape index (κ3) is 4.36. The summed E-state index contributed by atoms with van der Waals surface area (Å²) in [6.45, 7) is 7.38. The molecular weight excluding hydrogens is 334 g/mol. The van der Waals surface area contributed by atoms with E-state index >= 15 is 0 Å². The van der Waals surface area contributed by atoms with Crippen LogP contribution < -0.4 is 5.32 Å². The highest BCUT2D eigenvalue weighted by atomic mass is 79.9. The summed E-state index contributed by atoms with van der Waals surface area (Å²) in [6, 6.07) is 6.46. The second kappa shape index (κ2) is 6.33. The van der Waals surface area contributed by atoms with Crippen molar-refractivity contribution in [1.29, 1.82) is 0 Å². The van der Waals surface area contributed by atoms with Gasteiger partial charge in [0, 0.05) is 40.9 Å². The highest BCUT2D eigenvalue weighted by molar-refractivity contribution is 9.10. The van der Waals surface area contributed by atoms with Crippen LogP contribution in [0.4, 0.5) is 0 Å². The summed E-state index contributed by atoms with van der Waals surface area (Å²) in [7, 11) is 2.01. The number of nitrogens with zero attached hydrogens (tertiary/aromatic N) is 2. The standard InChI is InChI=1S/C15H20BrN3S/c1-15(2,3)18-10-11-5-6-12(9-13(11)16)20-14-17-7-8-19(14)4/h5-9,18H,10H2,1-4H3. The van der Waals surface area contributed by atoms with E-state index in [0.717, 1.165) is 16.2 Å². The van der Waals surface area contributed by atoms with Gasteiger partial charge in [0.1, 0.15) is 0 Å². The Hall–Kier alpha value is -0.780. The minimum Gasteiger partial charge on any atom is -0.329 e. The predicted molar refractivity (Wildman–Crippen MR) is 88.1 cm³/mol. The van der Waals surface area contributed by atoms with E-state index in [1.54, 1.807) is 11.8 Å². The first-order valence-electron chi connectivity index (χ1n) is 6.54. The SMILES string of the molecule is Cn1ccnc1Sc1ccc(CNC(C)(C)C)c(Br)c1. The monoisotopic (exact) mass is 353 g/mol. The first-order chi connectivity index (χ1) is 9.35. The summed E-state index contributed by atoms with van der Waals surface area (Å²) < 4.78 is 3.15. The van der Waals surface area contributed by atoms with Gasteiger partial charge in [-0.3, -0.25) is 0 Å². The summed E-state index contributed by atoms with van der Waals surface area (Å²) in [6.07, 6.45) is 3.78. The molecule has 0 aliphatic heterocycles. The summed E-state index contributed by atoms with van der Waals surface area (Å²) >= 11 is 5.33. The molecule has 5 heteroatoms. The fraction of sp³-hybridized carbons (Fsp3) is 0.400. The topological polar surface area (TPSA) is 29.9 Å². The fourth-order valence-electron chi connectivity index (χ4n) is 1.65. The van der Waals surface area contributed by atoms with Gasteiger partial charge in [-0.05, 0) is 38.5 Å². The number of nitrogens with one attached hydrogen (secondary N) is 1. The van der Waals surface area contributed by atoms with Crippen molar-refractivity contribution in [2.75, 3.05) is 0 Å². The zero-order chi connectivity index (χ0) is 14.8. The van der Waals surface area contributed by atoms with Crippen LogP contribution in [-0.4, -0.2) is 15.1 Å². The van der Waals surface area contributed by atoms with Crippen LogP contribution in [0.2, 0.25) is 0 Å². The third-order valence-corrected chi connectivity index (χ3v) is 4.62. The van der Waals surface area contributed by atoms with Crippen molar-refractivity contribution in [3.8, 4) is 0 Å². The number of hydrogen-bond acceptors (Lipinski definition) is 3. The molecule has 2 aromatic rings. The van der Waals surface area contributed by atoms with Crippen LogP contribution in [0.15, 0.2) is 45.1 Å². The van der Waals surface area contributed by atoms with Gasteiger partial charge < -0.3 is 9.88 Å². The lowest BCUT2D eigenvalue weighted by Gasteiger charge is -2.21. The molecule has 0 radical (unpaired) electrons. The van der Waals surface area contributed by atoms with E-state index < -0.39 is 0 Å². The van der Waals surface area contributed by atoms with Crippen molar-refractivity contribution >= 4 is 27.7 Å². The van der Waals surface area contributed by atoms with E-state index in [9.17, 15) is 0 Å². The molecule has 0 saturated heterocycles. The number of rotatable bonds is 4. The number of halogens is 1. The Balaban J connectivity index is 2.08. The Bertz CT molecular complexity index is 587. The minimum absolute atomic E-state index is 0.125. The molecule has 0 atom stereocenters. The number of imidazole rings is 1. The molecule has 1 N–H and O–H groups in total. The summed E-state index contributed by atoms with van der Waals surface area (Å²) in [5, 5.41) is 4.50. The molecule has 0 saturated carbocycles. The maximum atomic E-state index is 4.33. The normalized spacial score (nSPS) is 11.8. The Kier molecular flexibility index (Phi) is 4.94. The summed E-state index contributed by atoms with van der Waals surface area (Å²) in [5.74, 6) is 0. The van der Waals surface area contributed by atoms with E-state index in [1.165, 1.54) is 10.5 Å². The van der Waals surface area contributed by atoms with Crippen LogP contribution in [0.3, 0.4) is 0 Å². The predicted octanol–water partition coefficient (Wildman–Crippen LogP) is 4.22. The molecule has 108 valence electrons. The Morgan fingerprint density at radius 2 is 2.10 bits per heavy atom. The molecule has 0 aliphatic carbocycles. The molecule has 0 spiro atoms. The van der Waals surface area contributed by atoms with Crippen LogP contribution >= 0.6 is 27.7 Å². The van der Waals surface area contributed by atoms with Crippen molar-refractivity contribution in [3.05, 3.63) is 40.6 Å². The second-order valence-corrected chi connectivity index (χ2v) is 7.67. The summed E-state index contributed by atoms with van der Waals surface area (Å²) in [4.78, 5) is 5.52. The van der Waals surface area contributed by atoms with Crippen LogP contribution in [-0.2, 0) is 13.6 Å². The van der Waals surface area contributed by atoms with Gasteiger partial charge >= 0.3 is 0 Å². The van der Waals surface area contributed by atoms with Crippen LogP contribution in [0, 0.1) is 0 Å². The zero-order valence-electron chi connectivity index (χ0n) is 12.3. The van der Waals surface area contributed by atoms with Gasteiger partial charge in [-0.1, -0.05) is 33.8 Å². The number of hydrogen-bond donors (Lipinski definition) is 1. The van der Waals surface area contributed by atoms with E-state index in [-0.39, 0.29) is 5.54 Å². The number of benzene rings is 1. The Morgan fingerprint density at radius 3 is 2.65 bits per heavy atom. The molecule has 3 nitrogen and oxygen atoms in total. The lowest BCUT2D eigenvalue weighted by atomic mass is 10.1. The lowest BCUT2D eigenvalue weighted by molar-refractivity contribution is 0.424. The molecule has 0 amide bonds. The van der Waals surface area contributed by atoms with Gasteiger partial charge in [0.05, 0.1) is 0 Å². The van der Waals surface area contributed by atoms with E-state index in [1.807, 2.05) is 24.0 Å². The van der Waals surface area contributed by atoms with Crippen LogP contribution in [0.25, 0.3) is 0 Å². The molecule has 2 rings (SSSR count). The Morgan fingerprint density at radius 1 is 1.35 bits per heavy atom. The van der Waals surface area contributed by atoms with Gasteiger partial charge in [0.15, 0.2) is 5.16 Å². The first-order valence-corrected chi connectivity index (χ1v) is 8.15. The molecule has 0 bridgehead atoms. The van der Waals surface area contributed by atoms with Gasteiger partial charge in [-0.25, -0.2) is 4.98 Å². The first kappa shape index (κ1) is 15.6. The third-order valence-electron chi connectivity index (χ3n) is 2.82. The van der Waals surface area contributed by atoms with Crippen molar-refractivity contribution in [2.45, 2.75) is 42.9 Å². The molecule has 0 fully saturated rings. The lowest BCUT2D eigenvalue weighted by Crippen LogP contribution is -2.35. The second-order valence-electron chi connectivity index (χ2n) is 5.78. The van der Waals surface area contributed by atoms with Gasteiger partial charge in [-0.15, -0.1) is 0 Å². The highest BCUT2D eigenvalue weighted by Crippen LogP contribution is 2.30. The van der Waals surface area contributed by atoms with E-state index in [0.29, 0.717) is 0 Å². The molecular formula is C15H20BrN3S. The van der Waals surface area contributed by atoms with Crippen molar-refractivity contribution < 1.29 is 0 Å². The molecule has 1 aromatic carbocycles. The highest BCUT2D eigenvalue weighted by Gasteiger charge is 2.10. The zero-order valence-corrected chi connectivity index (χ0v) is 14.7. The van der Waals surface area contributed by atoms with Crippen molar-refractivity contribution in [1.82, 2.24) is 14.9 Å². The average Bonchev–Trinajstić information content (AvgIpc) is 2.73. The average molecular weight is 354 g/mol. The number of aryl methyl sites for hydroxylation is 1. The van der Waals surface area contributed by atoms with Crippen LogP contribution in [0.5, 0.6) is 0 Å². The maximum Gasteiger partial charge on any atom is 0.172 e. The minimum atomic E-state index is 0.125. The largest absolute Gasteiger partial charge is 0.329 e. The van der Waals surface area contributed by atoms with Gasteiger partial charge in [-0.2, -0.15) is 0 Å². The molecule has 0 aliphatic rings. The van der Waals surface area contributed by atoms with E-state index in [4.69, 9.17) is 0 Å². The fourth-order valence-corrected chi connectivity index (χ4v) is 3.16. The van der Waals surface area contributed by atoms with Gasteiger partial charge in [0.25, 0.3) is 0 Å². The smallest absolute Gasteiger partial charge is 0.172 e. The van der Waals surface area contributed by atoms with Crippen molar-refractivity contribution in [3.63, 3.8) is 0 Å².